The van der Waals surface area contributed by atoms with Crippen molar-refractivity contribution < 1.29 is 92.2 Å². The quantitative estimate of drug-likeness (QED) is 0.112. The van der Waals surface area contributed by atoms with Crippen molar-refractivity contribution in [2.45, 2.75) is 243 Å². The van der Waals surface area contributed by atoms with E-state index < -0.39 is 155 Å². The molecule has 5 aliphatic rings. The Balaban J connectivity index is 1.51. The lowest BCUT2D eigenvalue weighted by molar-refractivity contribution is -0.306. The molecule has 80 heavy (non-hydrogen) atoms. The molecule has 0 aromatic carbocycles. The number of hydrogen-bond donors (Lipinski definition) is 10. The molecule has 3 aliphatic heterocycles. The largest absolute Gasteiger partial charge is 0.491 e. The number of nitrogens with zero attached hydrogens (tertiary/aromatic N) is 2. The Morgan fingerprint density at radius 1 is 0.725 bits per heavy atom. The molecule has 10 N–H and O–H groups in total. The summed E-state index contributed by atoms with van der Waals surface area (Å²) >= 11 is 0. The molecule has 26 heteroatoms. The lowest BCUT2D eigenvalue weighted by Gasteiger charge is -2.52. The van der Waals surface area contributed by atoms with Gasteiger partial charge in [-0.1, -0.05) is 0 Å². The number of ether oxygens (including phenoxy) is 8. The van der Waals surface area contributed by atoms with Gasteiger partial charge in [-0.2, -0.15) is 0 Å². The van der Waals surface area contributed by atoms with E-state index in [0.29, 0.717) is 5.76 Å². The van der Waals surface area contributed by atoms with Crippen LogP contribution in [0.15, 0.2) is 11.8 Å². The highest BCUT2D eigenvalue weighted by Gasteiger charge is 2.57. The Labute approximate surface area is 469 Å². The molecule has 6 amide bonds. The van der Waals surface area contributed by atoms with Gasteiger partial charge in [0.15, 0.2) is 6.29 Å². The fourth-order valence-electron chi connectivity index (χ4n) is 10.4. The minimum absolute atomic E-state index is 0.0206. The maximum atomic E-state index is 14.3. The molecule has 0 bridgehead atoms. The van der Waals surface area contributed by atoms with Crippen molar-refractivity contribution in [3.63, 3.8) is 0 Å². The second-order valence-electron chi connectivity index (χ2n) is 27.2. The molecule has 2 unspecified atom stereocenters. The van der Waals surface area contributed by atoms with Gasteiger partial charge < -0.3 is 99.8 Å². The van der Waals surface area contributed by atoms with Gasteiger partial charge in [-0.05, 0) is 143 Å². The van der Waals surface area contributed by atoms with Crippen molar-refractivity contribution in [1.82, 2.24) is 36.4 Å². The normalized spacial score (nSPS) is 31.8. The van der Waals surface area contributed by atoms with Crippen LogP contribution in [0.5, 0.6) is 0 Å². The molecule has 0 radical (unpaired) electrons. The monoisotopic (exact) mass is 1140 g/mol. The molecule has 2 aliphatic carbocycles. The summed E-state index contributed by atoms with van der Waals surface area (Å²) in [7, 11) is 1.32. The van der Waals surface area contributed by atoms with E-state index in [0.717, 1.165) is 4.90 Å². The van der Waals surface area contributed by atoms with Crippen molar-refractivity contribution in [1.29, 1.82) is 0 Å². The van der Waals surface area contributed by atoms with E-state index in [9.17, 15) is 54.3 Å². The van der Waals surface area contributed by atoms with Crippen molar-refractivity contribution >= 4 is 36.4 Å². The van der Waals surface area contributed by atoms with Gasteiger partial charge in [0, 0.05) is 50.6 Å². The minimum Gasteiger partial charge on any atom is -0.491 e. The molecule has 0 aromatic heterocycles. The number of carbonyl (C=O) groups is 6. The summed E-state index contributed by atoms with van der Waals surface area (Å²) in [5, 5.41) is 74.1. The zero-order valence-corrected chi connectivity index (χ0v) is 49.8. The van der Waals surface area contributed by atoms with Crippen molar-refractivity contribution in [3.05, 3.63) is 11.8 Å². The highest BCUT2D eigenvalue weighted by Crippen LogP contribution is 2.40. The molecule has 0 spiro atoms. The Kier molecular flexibility index (Phi) is 20.5. The van der Waals surface area contributed by atoms with Gasteiger partial charge in [0.25, 0.3) is 0 Å². The number of rotatable bonds is 14. The summed E-state index contributed by atoms with van der Waals surface area (Å²) in [6.07, 6.45) is -12.0. The molecule has 4 fully saturated rings. The molecule has 0 aromatic rings. The van der Waals surface area contributed by atoms with Crippen LogP contribution >= 0.6 is 0 Å². The van der Waals surface area contributed by atoms with Gasteiger partial charge in [0.1, 0.15) is 63.8 Å². The van der Waals surface area contributed by atoms with E-state index in [1.807, 2.05) is 0 Å². The Bertz CT molecular complexity index is 2220. The second kappa shape index (κ2) is 24.9. The minimum atomic E-state index is -1.89. The van der Waals surface area contributed by atoms with Crippen LogP contribution in [-0.2, 0) is 42.7 Å². The molecule has 26 nitrogen and oxygen atoms in total. The van der Waals surface area contributed by atoms with Crippen LogP contribution in [-0.4, -0.2) is 218 Å². The van der Waals surface area contributed by atoms with Crippen molar-refractivity contribution in [2.75, 3.05) is 39.8 Å². The number of aliphatic hydroxyl groups excluding tert-OH is 3. The van der Waals surface area contributed by atoms with Gasteiger partial charge >= 0.3 is 30.5 Å². The molecule has 12 atom stereocenters. The number of likely N-dealkylation sites (tertiary alicyclic amines) is 1. The number of amides is 6. The average molecular weight is 1140 g/mol. The Morgan fingerprint density at radius 2 is 1.24 bits per heavy atom. The summed E-state index contributed by atoms with van der Waals surface area (Å²) in [4.78, 5) is 82.8. The van der Waals surface area contributed by atoms with Gasteiger partial charge in [-0.3, -0.25) is 4.79 Å². The zero-order valence-electron chi connectivity index (χ0n) is 49.8. The second-order valence-corrected chi connectivity index (χ2v) is 27.2. The Morgan fingerprint density at radius 3 is 1.76 bits per heavy atom. The Hall–Kier alpha value is -4.96. The predicted molar refractivity (Wildman–Crippen MR) is 286 cm³/mol. The van der Waals surface area contributed by atoms with Crippen LogP contribution in [0.25, 0.3) is 0 Å². The lowest BCUT2D eigenvalue weighted by Crippen LogP contribution is -2.71. The van der Waals surface area contributed by atoms with Crippen LogP contribution < -0.4 is 26.6 Å². The van der Waals surface area contributed by atoms with E-state index in [1.54, 1.807) is 110 Å². The molecular weight excluding hydrogens is 1050 g/mol. The number of carbonyl (C=O) groups excluding carboxylic acids is 6. The summed E-state index contributed by atoms with van der Waals surface area (Å²) in [5.74, 6) is -2.68. The number of aliphatic hydroxyl groups is 5. The van der Waals surface area contributed by atoms with Crippen molar-refractivity contribution in [3.8, 4) is 0 Å². The van der Waals surface area contributed by atoms with E-state index >= 15 is 0 Å². The standard InChI is InChI=1S/C54H93N7O19/c1-48(2,3)76-43(66)56-29-21-54(72,22-29)26-55-23-30-18-19-31(58-44(67)77-49(4,5)6)38(74-30)34-32(59-45(68)78-50(7,8)9)20-33(57-41(65)35(62)28-24-61(25-28)47(70)80-52(13,14)15)39(36(34)63)75-42-37(64)40(53(16,71)27-73-42)60(17)46(69)79-51(10,11)12/h18,28-29,31-40,42,55,62-64,71-72H,19-27H2,1-17H3,(H,56,66)(H,57,65)(H,58,67)(H,59,68)/t29?,31-,32+,33-,34?,35?,36+,37-,38+,39+,40-,42-,53+,54?/m1/s1. The first-order valence-electron chi connectivity index (χ1n) is 27.5. The predicted octanol–water partition coefficient (Wildman–Crippen LogP) is 2.64. The maximum absolute atomic E-state index is 14.3. The fraction of sp³-hybridized carbons (Fsp3) is 0.852. The molecule has 2 saturated carbocycles. The molecule has 5 rings (SSSR count). The third-order valence-electron chi connectivity index (χ3n) is 13.7. The van der Waals surface area contributed by atoms with Crippen LogP contribution in [0.4, 0.5) is 24.0 Å². The van der Waals surface area contributed by atoms with Crippen LogP contribution in [0.2, 0.25) is 0 Å². The first-order chi connectivity index (χ1) is 36.4. The average Bonchev–Trinajstić information content (AvgIpc) is 3.21. The smallest absolute Gasteiger partial charge is 0.410 e. The van der Waals surface area contributed by atoms with E-state index in [4.69, 9.17) is 37.9 Å². The number of alkyl carbamates (subject to hydrolysis) is 3. The molecular formula is C54H93N7O19. The summed E-state index contributed by atoms with van der Waals surface area (Å²) in [5.41, 5.74) is -7.55. The SMILES string of the molecule is CN(C(=O)OC(C)(C)C)[C@@H]1[C@@H](O)[C@@H](O[C@H]2[C@H](NC(=O)C(O)C3CN(C(=O)OC(C)(C)C)C3)C[C@H](NC(=O)OC(C)(C)C)C([C@H]3OC(CNCC4(O)CC(NC(=O)OC(C)(C)C)C4)=CC[C@H]3NC(=O)OC(C)(C)C)[C@@H]2O)OC[C@]1(C)O. The lowest BCUT2D eigenvalue weighted by atomic mass is 9.72. The maximum Gasteiger partial charge on any atom is 0.410 e. The summed E-state index contributed by atoms with van der Waals surface area (Å²) < 4.78 is 47.0. The van der Waals surface area contributed by atoms with E-state index in [2.05, 4.69) is 26.6 Å². The third-order valence-corrected chi connectivity index (χ3v) is 13.7. The topological polar surface area (TPSA) is 344 Å². The number of nitrogens with one attached hydrogen (secondary N) is 5. The number of hydrogen-bond acceptors (Lipinski definition) is 20. The molecule has 2 saturated heterocycles. The summed E-state index contributed by atoms with van der Waals surface area (Å²) in [6, 6.07) is -5.32. The van der Waals surface area contributed by atoms with Gasteiger partial charge in [0.05, 0.1) is 43.0 Å². The fourth-order valence-corrected chi connectivity index (χ4v) is 10.4. The van der Waals surface area contributed by atoms with Gasteiger partial charge in [-0.15, -0.1) is 0 Å². The molecule has 3 heterocycles. The van der Waals surface area contributed by atoms with Gasteiger partial charge in [-0.25, -0.2) is 24.0 Å². The van der Waals surface area contributed by atoms with Crippen LogP contribution in [0, 0.1) is 11.8 Å². The first kappa shape index (κ1) is 65.8. The third kappa shape index (κ3) is 18.8. The summed E-state index contributed by atoms with van der Waals surface area (Å²) in [6.45, 7) is 26.1. The van der Waals surface area contributed by atoms with E-state index in [-0.39, 0.29) is 57.9 Å². The van der Waals surface area contributed by atoms with Crippen molar-refractivity contribution in [2.24, 2.45) is 11.8 Å². The zero-order chi connectivity index (χ0) is 60.5. The van der Waals surface area contributed by atoms with E-state index in [1.165, 1.54) is 18.9 Å². The first-order valence-corrected chi connectivity index (χ1v) is 27.5. The van der Waals surface area contributed by atoms with Crippen LogP contribution in [0.3, 0.4) is 0 Å². The molecule has 458 valence electrons. The highest BCUT2D eigenvalue weighted by molar-refractivity contribution is 5.82. The van der Waals surface area contributed by atoms with Gasteiger partial charge in [0.2, 0.25) is 5.91 Å². The number of likely N-dealkylation sites (N-methyl/N-ethyl adjacent to an activating group) is 1. The highest BCUT2D eigenvalue weighted by atomic mass is 16.7. The van der Waals surface area contributed by atoms with Crippen LogP contribution in [0.1, 0.15) is 136 Å².